The van der Waals surface area contributed by atoms with Crippen molar-refractivity contribution in [2.75, 3.05) is 19.2 Å². The molecule has 1 heterocycles. The van der Waals surface area contributed by atoms with Crippen molar-refractivity contribution in [2.24, 2.45) is 0 Å². The van der Waals surface area contributed by atoms with Gasteiger partial charge in [0.1, 0.15) is 5.75 Å². The maximum atomic E-state index is 5.52. The molecule has 2 aromatic carbocycles. The first-order valence-corrected chi connectivity index (χ1v) is 7.44. The number of anilines is 1. The van der Waals surface area contributed by atoms with Crippen LogP contribution in [0.5, 0.6) is 17.2 Å². The van der Waals surface area contributed by atoms with Crippen LogP contribution in [0.15, 0.2) is 34.8 Å². The second kappa shape index (κ2) is 5.85. The van der Waals surface area contributed by atoms with E-state index in [0.29, 0.717) is 6.54 Å². The van der Waals surface area contributed by atoms with Crippen molar-refractivity contribution in [1.82, 2.24) is 0 Å². The molecule has 1 aliphatic rings. The van der Waals surface area contributed by atoms with Crippen LogP contribution >= 0.6 is 15.9 Å². The molecule has 2 aromatic rings. The van der Waals surface area contributed by atoms with E-state index < -0.39 is 0 Å². The fourth-order valence-electron chi connectivity index (χ4n) is 2.41. The van der Waals surface area contributed by atoms with Gasteiger partial charge in [-0.2, -0.15) is 0 Å². The van der Waals surface area contributed by atoms with E-state index in [1.54, 1.807) is 7.11 Å². The first-order chi connectivity index (χ1) is 10.2. The van der Waals surface area contributed by atoms with Crippen molar-refractivity contribution in [3.63, 3.8) is 0 Å². The smallest absolute Gasteiger partial charge is 0.231 e. The summed E-state index contributed by atoms with van der Waals surface area (Å²) in [6.07, 6.45) is 0. The number of benzene rings is 2. The molecule has 0 aromatic heterocycles. The van der Waals surface area contributed by atoms with Crippen molar-refractivity contribution in [2.45, 2.75) is 13.5 Å². The largest absolute Gasteiger partial charge is 0.495 e. The van der Waals surface area contributed by atoms with E-state index in [9.17, 15) is 0 Å². The molecule has 0 amide bonds. The molecule has 0 saturated carbocycles. The minimum Gasteiger partial charge on any atom is -0.495 e. The minimum atomic E-state index is 0.285. The number of ether oxygens (including phenoxy) is 3. The Labute approximate surface area is 132 Å². The van der Waals surface area contributed by atoms with E-state index in [1.807, 2.05) is 31.2 Å². The molecule has 0 aliphatic carbocycles. The van der Waals surface area contributed by atoms with Crippen molar-refractivity contribution >= 4 is 21.6 Å². The molecule has 4 nitrogen and oxygen atoms in total. The minimum absolute atomic E-state index is 0.285. The Balaban J connectivity index is 1.84. The Morgan fingerprint density at radius 3 is 2.95 bits per heavy atom. The standard InChI is InChI=1S/C16H16BrNO3/c1-10-6-12(17)7-14(19-2)15(10)18-8-11-4-3-5-13-16(11)21-9-20-13/h3-7,18H,8-9H2,1-2H3. The number of fused-ring (bicyclic) bond motifs is 1. The van der Waals surface area contributed by atoms with Crippen LogP contribution in [0.1, 0.15) is 11.1 Å². The van der Waals surface area contributed by atoms with Gasteiger partial charge < -0.3 is 19.5 Å². The number of hydrogen-bond acceptors (Lipinski definition) is 4. The van der Waals surface area contributed by atoms with Crippen LogP contribution in [0.2, 0.25) is 0 Å². The number of aryl methyl sites for hydroxylation is 1. The van der Waals surface area contributed by atoms with Crippen molar-refractivity contribution in [1.29, 1.82) is 0 Å². The van der Waals surface area contributed by atoms with Gasteiger partial charge in [0.05, 0.1) is 12.8 Å². The zero-order valence-corrected chi connectivity index (χ0v) is 13.5. The van der Waals surface area contributed by atoms with Gasteiger partial charge in [-0.05, 0) is 30.7 Å². The fraction of sp³-hybridized carbons (Fsp3) is 0.250. The first kappa shape index (κ1) is 14.1. The van der Waals surface area contributed by atoms with Crippen molar-refractivity contribution < 1.29 is 14.2 Å². The number of halogens is 1. The zero-order valence-electron chi connectivity index (χ0n) is 11.9. The first-order valence-electron chi connectivity index (χ1n) is 6.64. The number of para-hydroxylation sites is 1. The molecule has 0 spiro atoms. The summed E-state index contributed by atoms with van der Waals surface area (Å²) in [5, 5.41) is 3.42. The van der Waals surface area contributed by atoms with Gasteiger partial charge in [-0.15, -0.1) is 0 Å². The number of hydrogen-bond donors (Lipinski definition) is 1. The highest BCUT2D eigenvalue weighted by Crippen LogP contribution is 2.37. The van der Waals surface area contributed by atoms with Gasteiger partial charge in [-0.25, -0.2) is 0 Å². The van der Waals surface area contributed by atoms with E-state index >= 15 is 0 Å². The van der Waals surface area contributed by atoms with E-state index in [2.05, 4.69) is 27.3 Å². The lowest BCUT2D eigenvalue weighted by molar-refractivity contribution is 0.173. The maximum Gasteiger partial charge on any atom is 0.231 e. The quantitative estimate of drug-likeness (QED) is 0.901. The maximum absolute atomic E-state index is 5.52. The molecule has 1 aliphatic heterocycles. The fourth-order valence-corrected chi connectivity index (χ4v) is 2.96. The molecule has 3 rings (SSSR count). The van der Waals surface area contributed by atoms with Gasteiger partial charge in [0.2, 0.25) is 6.79 Å². The van der Waals surface area contributed by atoms with Crippen LogP contribution in [0, 0.1) is 6.92 Å². The van der Waals surface area contributed by atoms with E-state index in [-0.39, 0.29) is 6.79 Å². The van der Waals surface area contributed by atoms with Crippen LogP contribution < -0.4 is 19.5 Å². The molecular formula is C16H16BrNO3. The highest BCUT2D eigenvalue weighted by atomic mass is 79.9. The number of rotatable bonds is 4. The van der Waals surface area contributed by atoms with Gasteiger partial charge in [-0.3, -0.25) is 0 Å². The molecule has 5 heteroatoms. The van der Waals surface area contributed by atoms with E-state index in [4.69, 9.17) is 14.2 Å². The molecule has 0 atom stereocenters. The summed E-state index contributed by atoms with van der Waals surface area (Å²) in [4.78, 5) is 0. The summed E-state index contributed by atoms with van der Waals surface area (Å²) >= 11 is 3.48. The van der Waals surface area contributed by atoms with Crippen LogP contribution in [-0.4, -0.2) is 13.9 Å². The summed E-state index contributed by atoms with van der Waals surface area (Å²) in [6, 6.07) is 9.92. The van der Waals surface area contributed by atoms with Crippen LogP contribution in [0.3, 0.4) is 0 Å². The lowest BCUT2D eigenvalue weighted by Gasteiger charge is -2.15. The average molecular weight is 350 g/mol. The Kier molecular flexibility index (Phi) is 3.92. The molecule has 1 N–H and O–H groups in total. The third kappa shape index (κ3) is 2.78. The molecular weight excluding hydrogens is 334 g/mol. The van der Waals surface area contributed by atoms with E-state index in [0.717, 1.165) is 38.5 Å². The summed E-state index contributed by atoms with van der Waals surface area (Å²) < 4.78 is 17.4. The third-order valence-corrected chi connectivity index (χ3v) is 3.88. The highest BCUT2D eigenvalue weighted by molar-refractivity contribution is 9.10. The summed E-state index contributed by atoms with van der Waals surface area (Å²) in [7, 11) is 1.67. The third-order valence-electron chi connectivity index (χ3n) is 3.42. The molecule has 0 bridgehead atoms. The van der Waals surface area contributed by atoms with Crippen LogP contribution in [0.25, 0.3) is 0 Å². The van der Waals surface area contributed by atoms with E-state index in [1.165, 1.54) is 0 Å². The zero-order chi connectivity index (χ0) is 14.8. The highest BCUT2D eigenvalue weighted by Gasteiger charge is 2.17. The van der Waals surface area contributed by atoms with Crippen molar-refractivity contribution in [3.8, 4) is 17.2 Å². The number of nitrogens with one attached hydrogen (secondary N) is 1. The Bertz CT molecular complexity index is 673. The molecule has 0 radical (unpaired) electrons. The lowest BCUT2D eigenvalue weighted by atomic mass is 10.1. The van der Waals surface area contributed by atoms with Crippen LogP contribution in [-0.2, 0) is 6.54 Å². The molecule has 0 saturated heterocycles. The topological polar surface area (TPSA) is 39.7 Å². The predicted octanol–water partition coefficient (Wildman–Crippen LogP) is 4.11. The Morgan fingerprint density at radius 1 is 1.29 bits per heavy atom. The molecule has 21 heavy (non-hydrogen) atoms. The van der Waals surface area contributed by atoms with Gasteiger partial charge in [0.15, 0.2) is 11.5 Å². The summed E-state index contributed by atoms with van der Waals surface area (Å²) in [5.41, 5.74) is 3.16. The predicted molar refractivity (Wildman–Crippen MR) is 85.3 cm³/mol. The normalized spacial score (nSPS) is 12.3. The van der Waals surface area contributed by atoms with Gasteiger partial charge >= 0.3 is 0 Å². The van der Waals surface area contributed by atoms with Crippen molar-refractivity contribution in [3.05, 3.63) is 45.9 Å². The molecule has 110 valence electrons. The average Bonchev–Trinajstić information content (AvgIpc) is 2.94. The number of methoxy groups -OCH3 is 1. The lowest BCUT2D eigenvalue weighted by Crippen LogP contribution is -2.04. The monoisotopic (exact) mass is 349 g/mol. The Hall–Kier alpha value is -1.88. The molecule has 0 unspecified atom stereocenters. The second-order valence-electron chi connectivity index (χ2n) is 4.80. The Morgan fingerprint density at radius 2 is 2.14 bits per heavy atom. The molecule has 0 fully saturated rings. The van der Waals surface area contributed by atoms with Gasteiger partial charge in [-0.1, -0.05) is 28.1 Å². The van der Waals surface area contributed by atoms with Crippen LogP contribution in [0.4, 0.5) is 5.69 Å². The van der Waals surface area contributed by atoms with Gasteiger partial charge in [0.25, 0.3) is 0 Å². The SMILES string of the molecule is COc1cc(Br)cc(C)c1NCc1cccc2c1OCO2. The van der Waals surface area contributed by atoms with Gasteiger partial charge in [0, 0.05) is 16.6 Å². The summed E-state index contributed by atoms with van der Waals surface area (Å²) in [5.74, 6) is 2.43. The summed E-state index contributed by atoms with van der Waals surface area (Å²) in [6.45, 7) is 2.98. The second-order valence-corrected chi connectivity index (χ2v) is 5.72.